The number of nitrogens with one attached hydrogen (secondary N) is 1. The van der Waals surface area contributed by atoms with Gasteiger partial charge in [0.1, 0.15) is 6.54 Å². The molecule has 0 aliphatic carbocycles. The molecule has 0 spiro atoms. The highest BCUT2D eigenvalue weighted by molar-refractivity contribution is 5.93. The number of nitrogens with zero attached hydrogens (tertiary/aromatic N) is 1. The van der Waals surface area contributed by atoms with Crippen molar-refractivity contribution in [3.05, 3.63) is 47.2 Å². The third-order valence-electron chi connectivity index (χ3n) is 5.06. The van der Waals surface area contributed by atoms with Crippen molar-refractivity contribution in [2.75, 3.05) is 19.8 Å². The van der Waals surface area contributed by atoms with E-state index in [1.54, 1.807) is 6.92 Å². The minimum Gasteiger partial charge on any atom is -0.462 e. The number of hydrogen-bond acceptors (Lipinski definition) is 4. The summed E-state index contributed by atoms with van der Waals surface area (Å²) in [6.45, 7) is 7.38. The van der Waals surface area contributed by atoms with Gasteiger partial charge in [0.05, 0.1) is 18.3 Å². The van der Waals surface area contributed by atoms with Crippen LogP contribution in [-0.4, -0.2) is 42.3 Å². The molecule has 3 rings (SSSR count). The molecule has 1 aliphatic heterocycles. The fourth-order valence-electron chi connectivity index (χ4n) is 3.46. The van der Waals surface area contributed by atoms with Crippen LogP contribution < -0.4 is 5.32 Å². The Bertz CT molecular complexity index is 833. The predicted molar refractivity (Wildman–Crippen MR) is 107 cm³/mol. The summed E-state index contributed by atoms with van der Waals surface area (Å²) in [5.41, 5.74) is 4.15. The summed E-state index contributed by atoms with van der Waals surface area (Å²) in [5, 5.41) is 2.95. The quantitative estimate of drug-likeness (QED) is 0.744. The van der Waals surface area contributed by atoms with Gasteiger partial charge in [-0.1, -0.05) is 29.8 Å². The van der Waals surface area contributed by atoms with Gasteiger partial charge in [-0.25, -0.2) is 4.79 Å². The molecule has 0 bridgehead atoms. The first-order valence-electron chi connectivity index (χ1n) is 9.82. The predicted octanol–water partition coefficient (Wildman–Crippen LogP) is 3.24. The van der Waals surface area contributed by atoms with E-state index < -0.39 is 0 Å². The van der Waals surface area contributed by atoms with Crippen LogP contribution in [0, 0.1) is 13.8 Å². The Morgan fingerprint density at radius 1 is 1.25 bits per heavy atom. The van der Waals surface area contributed by atoms with E-state index in [0.29, 0.717) is 18.7 Å². The third-order valence-corrected chi connectivity index (χ3v) is 5.06. The van der Waals surface area contributed by atoms with E-state index >= 15 is 0 Å². The van der Waals surface area contributed by atoms with Crippen molar-refractivity contribution in [2.24, 2.45) is 0 Å². The van der Waals surface area contributed by atoms with E-state index in [1.165, 1.54) is 0 Å². The molecule has 1 amide bonds. The van der Waals surface area contributed by atoms with Crippen molar-refractivity contribution >= 4 is 11.9 Å². The van der Waals surface area contributed by atoms with Crippen LogP contribution >= 0.6 is 0 Å². The molecule has 2 aromatic rings. The fourth-order valence-corrected chi connectivity index (χ4v) is 3.46. The van der Waals surface area contributed by atoms with E-state index in [9.17, 15) is 9.59 Å². The molecule has 0 unspecified atom stereocenters. The van der Waals surface area contributed by atoms with E-state index in [1.807, 2.05) is 48.7 Å². The van der Waals surface area contributed by atoms with Gasteiger partial charge in [-0.05, 0) is 45.2 Å². The second-order valence-corrected chi connectivity index (χ2v) is 7.14. The summed E-state index contributed by atoms with van der Waals surface area (Å²) in [5.74, 6) is -0.468. The van der Waals surface area contributed by atoms with E-state index in [4.69, 9.17) is 9.47 Å². The van der Waals surface area contributed by atoms with Gasteiger partial charge < -0.3 is 19.4 Å². The standard InChI is InChI=1S/C22H28N2O4/c1-4-27-22(26)19-12-20(17-9-7-15(2)8-10-17)24(16(19)3)14-21(25)23-13-18-6-5-11-28-18/h7-10,12,18H,4-6,11,13-14H2,1-3H3,(H,23,25)/t18-/m0/s1. The molecule has 1 atom stereocenters. The molecule has 2 heterocycles. The maximum atomic E-state index is 12.6. The maximum absolute atomic E-state index is 12.6. The summed E-state index contributed by atoms with van der Waals surface area (Å²) in [7, 11) is 0. The molecule has 1 N–H and O–H groups in total. The van der Waals surface area contributed by atoms with Gasteiger partial charge in [0.15, 0.2) is 0 Å². The summed E-state index contributed by atoms with van der Waals surface area (Å²) in [6, 6.07) is 9.85. The van der Waals surface area contributed by atoms with Crippen LogP contribution in [0.15, 0.2) is 30.3 Å². The Hall–Kier alpha value is -2.60. The number of benzene rings is 1. The lowest BCUT2D eigenvalue weighted by molar-refractivity contribution is -0.122. The number of esters is 1. The average Bonchev–Trinajstić information content (AvgIpc) is 3.30. The van der Waals surface area contributed by atoms with Crippen molar-refractivity contribution in [3.63, 3.8) is 0 Å². The average molecular weight is 384 g/mol. The van der Waals surface area contributed by atoms with Crippen LogP contribution in [0.2, 0.25) is 0 Å². The largest absolute Gasteiger partial charge is 0.462 e. The zero-order valence-corrected chi connectivity index (χ0v) is 16.8. The molecule has 150 valence electrons. The lowest BCUT2D eigenvalue weighted by Crippen LogP contribution is -2.34. The van der Waals surface area contributed by atoms with Crippen molar-refractivity contribution < 1.29 is 19.1 Å². The molecule has 1 saturated heterocycles. The zero-order valence-electron chi connectivity index (χ0n) is 16.8. The number of aryl methyl sites for hydroxylation is 1. The molecule has 1 fully saturated rings. The Balaban J connectivity index is 1.85. The van der Waals surface area contributed by atoms with Crippen molar-refractivity contribution in [2.45, 2.75) is 46.3 Å². The van der Waals surface area contributed by atoms with Gasteiger partial charge in [-0.2, -0.15) is 0 Å². The number of carbonyl (C=O) groups is 2. The maximum Gasteiger partial charge on any atom is 0.339 e. The summed E-state index contributed by atoms with van der Waals surface area (Å²) >= 11 is 0. The molecule has 1 aliphatic rings. The smallest absolute Gasteiger partial charge is 0.339 e. The molecule has 1 aromatic carbocycles. The third kappa shape index (κ3) is 4.62. The Kier molecular flexibility index (Phi) is 6.52. The molecule has 28 heavy (non-hydrogen) atoms. The number of aromatic nitrogens is 1. The van der Waals surface area contributed by atoms with Gasteiger partial charge in [-0.3, -0.25) is 4.79 Å². The second-order valence-electron chi connectivity index (χ2n) is 7.14. The van der Waals surface area contributed by atoms with Gasteiger partial charge in [0, 0.05) is 24.5 Å². The minimum absolute atomic E-state index is 0.0985. The van der Waals surface area contributed by atoms with Gasteiger partial charge in [-0.15, -0.1) is 0 Å². The minimum atomic E-state index is -0.369. The molecule has 6 heteroatoms. The van der Waals surface area contributed by atoms with Gasteiger partial charge >= 0.3 is 5.97 Å². The highest BCUT2D eigenvalue weighted by Crippen LogP contribution is 2.27. The number of hydrogen-bond donors (Lipinski definition) is 1. The van der Waals surface area contributed by atoms with E-state index in [2.05, 4.69) is 5.32 Å². The van der Waals surface area contributed by atoms with Crippen LogP contribution in [0.5, 0.6) is 0 Å². The SMILES string of the molecule is CCOC(=O)c1cc(-c2ccc(C)cc2)n(CC(=O)NC[C@@H]2CCCO2)c1C. The normalized spacial score (nSPS) is 16.2. The molecule has 0 radical (unpaired) electrons. The van der Waals surface area contributed by atoms with Crippen LogP contribution in [0.3, 0.4) is 0 Å². The highest BCUT2D eigenvalue weighted by Gasteiger charge is 2.22. The lowest BCUT2D eigenvalue weighted by atomic mass is 10.1. The Labute approximate surface area is 165 Å². The van der Waals surface area contributed by atoms with Crippen LogP contribution in [0.4, 0.5) is 0 Å². The monoisotopic (exact) mass is 384 g/mol. The first-order chi connectivity index (χ1) is 13.5. The number of carbonyl (C=O) groups excluding carboxylic acids is 2. The van der Waals surface area contributed by atoms with Crippen molar-refractivity contribution in [3.8, 4) is 11.3 Å². The summed E-state index contributed by atoms with van der Waals surface area (Å²) in [4.78, 5) is 24.9. The molecule has 6 nitrogen and oxygen atoms in total. The van der Waals surface area contributed by atoms with Gasteiger partial charge in [0.2, 0.25) is 5.91 Å². The molecule has 1 aromatic heterocycles. The summed E-state index contributed by atoms with van der Waals surface area (Å²) < 4.78 is 12.6. The topological polar surface area (TPSA) is 69.6 Å². The lowest BCUT2D eigenvalue weighted by Gasteiger charge is -2.14. The fraction of sp³-hybridized carbons (Fsp3) is 0.455. The van der Waals surface area contributed by atoms with Crippen molar-refractivity contribution in [1.29, 1.82) is 0 Å². The molecular weight excluding hydrogens is 356 g/mol. The molecular formula is C22H28N2O4. The van der Waals surface area contributed by atoms with Crippen LogP contribution in [0.25, 0.3) is 11.3 Å². The number of amides is 1. The van der Waals surface area contributed by atoms with Crippen LogP contribution in [-0.2, 0) is 20.8 Å². The summed E-state index contributed by atoms with van der Waals surface area (Å²) in [6.07, 6.45) is 2.11. The highest BCUT2D eigenvalue weighted by atomic mass is 16.5. The Morgan fingerprint density at radius 3 is 2.64 bits per heavy atom. The van der Waals surface area contributed by atoms with Crippen molar-refractivity contribution in [1.82, 2.24) is 9.88 Å². The van der Waals surface area contributed by atoms with Crippen LogP contribution in [0.1, 0.15) is 41.4 Å². The zero-order chi connectivity index (χ0) is 20.1. The van der Waals surface area contributed by atoms with Gasteiger partial charge in [0.25, 0.3) is 0 Å². The van der Waals surface area contributed by atoms with E-state index in [-0.39, 0.29) is 24.5 Å². The second kappa shape index (κ2) is 9.06. The molecule has 0 saturated carbocycles. The Morgan fingerprint density at radius 2 is 2.00 bits per heavy atom. The van der Waals surface area contributed by atoms with E-state index in [0.717, 1.165) is 42.0 Å². The number of ether oxygens (including phenoxy) is 2. The first-order valence-corrected chi connectivity index (χ1v) is 9.82. The number of rotatable bonds is 7. The first kappa shape index (κ1) is 20.1.